The number of rotatable bonds is 1. The maximum Gasteiger partial charge on any atom is 0.319 e. The maximum atomic E-state index is 12.3. The van der Waals surface area contributed by atoms with Crippen LogP contribution in [0.2, 0.25) is 0 Å². The minimum absolute atomic E-state index is 0.158. The molecule has 126 valence electrons. The molecule has 25 heavy (non-hydrogen) atoms. The molecule has 5 nitrogen and oxygen atoms in total. The average molecular weight is 334 g/mol. The summed E-state index contributed by atoms with van der Waals surface area (Å²) in [5.41, 5.74) is 5.58. The van der Waals surface area contributed by atoms with E-state index in [1.807, 2.05) is 24.3 Å². The van der Waals surface area contributed by atoms with Crippen molar-refractivity contribution in [2.75, 3.05) is 6.79 Å². The lowest BCUT2D eigenvalue weighted by molar-refractivity contribution is 0.174. The highest BCUT2D eigenvalue weighted by Crippen LogP contribution is 2.45. The average Bonchev–Trinajstić information content (AvgIpc) is 3.10. The number of benzene rings is 2. The molecule has 0 saturated carbocycles. The van der Waals surface area contributed by atoms with Gasteiger partial charge in [-0.15, -0.1) is 0 Å². The number of fused-ring (bicyclic) bond motifs is 3. The number of carbonyl (C=O) groups is 1. The molecule has 0 saturated heterocycles. The van der Waals surface area contributed by atoms with E-state index in [-0.39, 0.29) is 18.9 Å². The quantitative estimate of drug-likeness (QED) is 0.836. The zero-order chi connectivity index (χ0) is 17.0. The standard InChI is InChI=1S/C20H18N2O3/c1-11-8-15-18(12-6-7-16-17(9-12)25-10-24-16)21-20(23)22-19(15)14-5-3-2-4-13(11)14/h2-7,9,11,18H,8,10H2,1H3,(H2,21,22,23). The van der Waals surface area contributed by atoms with Crippen LogP contribution in [-0.4, -0.2) is 12.8 Å². The largest absolute Gasteiger partial charge is 0.454 e. The van der Waals surface area contributed by atoms with E-state index in [1.54, 1.807) is 0 Å². The lowest BCUT2D eigenvalue weighted by atomic mass is 9.77. The first-order valence-electron chi connectivity index (χ1n) is 8.50. The molecule has 2 aromatic carbocycles. The van der Waals surface area contributed by atoms with E-state index in [0.29, 0.717) is 5.92 Å². The monoisotopic (exact) mass is 334 g/mol. The van der Waals surface area contributed by atoms with Crippen molar-refractivity contribution in [2.24, 2.45) is 0 Å². The Hall–Kier alpha value is -2.95. The second-order valence-electron chi connectivity index (χ2n) is 6.74. The number of carbonyl (C=O) groups excluding carboxylic acids is 1. The molecule has 0 spiro atoms. The van der Waals surface area contributed by atoms with E-state index in [0.717, 1.165) is 34.7 Å². The zero-order valence-corrected chi connectivity index (χ0v) is 13.8. The van der Waals surface area contributed by atoms with E-state index in [1.165, 1.54) is 11.1 Å². The van der Waals surface area contributed by atoms with Gasteiger partial charge in [-0.1, -0.05) is 37.3 Å². The third kappa shape index (κ3) is 2.19. The fourth-order valence-electron chi connectivity index (χ4n) is 4.02. The van der Waals surface area contributed by atoms with Crippen LogP contribution in [0.4, 0.5) is 4.79 Å². The van der Waals surface area contributed by atoms with Gasteiger partial charge in [-0.3, -0.25) is 0 Å². The SMILES string of the molecule is CC1CC2=C(NC(=O)NC2c2ccc3c(c2)OCO3)c2ccccc21. The molecule has 5 heteroatoms. The predicted molar refractivity (Wildman–Crippen MR) is 93.4 cm³/mol. The number of urea groups is 1. The van der Waals surface area contributed by atoms with Crippen LogP contribution in [0.1, 0.15) is 42.0 Å². The first kappa shape index (κ1) is 14.4. The Bertz CT molecular complexity index is 919. The smallest absolute Gasteiger partial charge is 0.319 e. The number of amides is 2. The fraction of sp³-hybridized carbons (Fsp3) is 0.250. The molecule has 2 aromatic rings. The van der Waals surface area contributed by atoms with E-state index in [2.05, 4.69) is 35.8 Å². The molecule has 2 atom stereocenters. The number of nitrogens with one attached hydrogen (secondary N) is 2. The molecule has 2 unspecified atom stereocenters. The van der Waals surface area contributed by atoms with Gasteiger partial charge < -0.3 is 20.1 Å². The summed E-state index contributed by atoms with van der Waals surface area (Å²) in [6.07, 6.45) is 0.902. The maximum absolute atomic E-state index is 12.3. The van der Waals surface area contributed by atoms with E-state index in [9.17, 15) is 4.79 Å². The molecule has 2 aliphatic heterocycles. The van der Waals surface area contributed by atoms with Crippen molar-refractivity contribution in [1.29, 1.82) is 0 Å². The van der Waals surface area contributed by atoms with Crippen molar-refractivity contribution in [3.05, 3.63) is 64.7 Å². The van der Waals surface area contributed by atoms with Crippen LogP contribution in [0.25, 0.3) is 5.70 Å². The Morgan fingerprint density at radius 1 is 1.08 bits per heavy atom. The van der Waals surface area contributed by atoms with E-state index >= 15 is 0 Å². The van der Waals surface area contributed by atoms with Gasteiger partial charge in [-0.05, 0) is 41.2 Å². The molecule has 0 bridgehead atoms. The second-order valence-corrected chi connectivity index (χ2v) is 6.74. The second kappa shape index (κ2) is 5.28. The van der Waals surface area contributed by atoms with Crippen LogP contribution < -0.4 is 20.1 Å². The summed E-state index contributed by atoms with van der Waals surface area (Å²) < 4.78 is 10.9. The molecular formula is C20H18N2O3. The summed E-state index contributed by atoms with van der Waals surface area (Å²) in [6.45, 7) is 2.48. The van der Waals surface area contributed by atoms with Crippen molar-refractivity contribution in [3.8, 4) is 11.5 Å². The highest BCUT2D eigenvalue weighted by molar-refractivity contribution is 5.91. The van der Waals surface area contributed by atoms with Gasteiger partial charge in [0.2, 0.25) is 6.79 Å². The topological polar surface area (TPSA) is 59.6 Å². The van der Waals surface area contributed by atoms with Crippen LogP contribution >= 0.6 is 0 Å². The molecule has 1 aliphatic carbocycles. The predicted octanol–water partition coefficient (Wildman–Crippen LogP) is 3.69. The molecule has 0 radical (unpaired) electrons. The van der Waals surface area contributed by atoms with E-state index in [4.69, 9.17) is 9.47 Å². The minimum Gasteiger partial charge on any atom is -0.454 e. The van der Waals surface area contributed by atoms with Crippen molar-refractivity contribution < 1.29 is 14.3 Å². The number of hydrogen-bond donors (Lipinski definition) is 2. The molecule has 2 heterocycles. The Labute approximate surface area is 145 Å². The Morgan fingerprint density at radius 2 is 1.92 bits per heavy atom. The molecular weight excluding hydrogens is 316 g/mol. The molecule has 2 N–H and O–H groups in total. The number of hydrogen-bond acceptors (Lipinski definition) is 3. The Balaban J connectivity index is 1.65. The van der Waals surface area contributed by atoms with Gasteiger partial charge in [-0.25, -0.2) is 4.79 Å². The molecule has 0 fully saturated rings. The summed E-state index contributed by atoms with van der Waals surface area (Å²) in [7, 11) is 0. The third-order valence-electron chi connectivity index (χ3n) is 5.20. The van der Waals surface area contributed by atoms with Gasteiger partial charge in [0.25, 0.3) is 0 Å². The van der Waals surface area contributed by atoms with Crippen molar-refractivity contribution in [1.82, 2.24) is 10.6 Å². The summed E-state index contributed by atoms with van der Waals surface area (Å²) >= 11 is 0. The summed E-state index contributed by atoms with van der Waals surface area (Å²) in [4.78, 5) is 12.3. The van der Waals surface area contributed by atoms with Gasteiger partial charge in [0.1, 0.15) is 0 Å². The summed E-state index contributed by atoms with van der Waals surface area (Å²) in [6, 6.07) is 13.8. The van der Waals surface area contributed by atoms with Gasteiger partial charge in [-0.2, -0.15) is 0 Å². The number of ether oxygens (including phenoxy) is 2. The van der Waals surface area contributed by atoms with Crippen molar-refractivity contribution in [3.63, 3.8) is 0 Å². The highest BCUT2D eigenvalue weighted by atomic mass is 16.7. The van der Waals surface area contributed by atoms with E-state index < -0.39 is 0 Å². The highest BCUT2D eigenvalue weighted by Gasteiger charge is 2.34. The van der Waals surface area contributed by atoms with Crippen LogP contribution in [-0.2, 0) is 0 Å². The molecule has 2 amide bonds. The Morgan fingerprint density at radius 3 is 2.84 bits per heavy atom. The van der Waals surface area contributed by atoms with Gasteiger partial charge in [0.15, 0.2) is 11.5 Å². The lowest BCUT2D eigenvalue weighted by Gasteiger charge is -2.36. The first-order chi connectivity index (χ1) is 12.2. The van der Waals surface area contributed by atoms with Crippen LogP contribution in [0.3, 0.4) is 0 Å². The summed E-state index contributed by atoms with van der Waals surface area (Å²) in [5.74, 6) is 1.89. The van der Waals surface area contributed by atoms with Crippen molar-refractivity contribution >= 4 is 11.7 Å². The van der Waals surface area contributed by atoms with Crippen molar-refractivity contribution in [2.45, 2.75) is 25.3 Å². The zero-order valence-electron chi connectivity index (χ0n) is 13.8. The van der Waals surface area contributed by atoms with Crippen LogP contribution in [0.15, 0.2) is 48.0 Å². The minimum atomic E-state index is -0.175. The third-order valence-corrected chi connectivity index (χ3v) is 5.20. The van der Waals surface area contributed by atoms with Gasteiger partial charge in [0.05, 0.1) is 11.7 Å². The first-order valence-corrected chi connectivity index (χ1v) is 8.50. The lowest BCUT2D eigenvalue weighted by Crippen LogP contribution is -2.44. The molecule has 5 rings (SSSR count). The fourth-order valence-corrected chi connectivity index (χ4v) is 4.02. The van der Waals surface area contributed by atoms with Gasteiger partial charge in [0, 0.05) is 5.56 Å². The van der Waals surface area contributed by atoms with Crippen LogP contribution in [0, 0.1) is 0 Å². The molecule has 0 aromatic heterocycles. The van der Waals surface area contributed by atoms with Crippen LogP contribution in [0.5, 0.6) is 11.5 Å². The Kier molecular flexibility index (Phi) is 3.04. The van der Waals surface area contributed by atoms with Gasteiger partial charge >= 0.3 is 6.03 Å². The summed E-state index contributed by atoms with van der Waals surface area (Å²) in [5, 5.41) is 6.09. The normalized spacial score (nSPS) is 23.5. The molecule has 3 aliphatic rings.